The quantitative estimate of drug-likeness (QED) is 0.235. The summed E-state index contributed by atoms with van der Waals surface area (Å²) in [4.78, 5) is 31.3. The van der Waals surface area contributed by atoms with Gasteiger partial charge in [0.2, 0.25) is 0 Å². The molecule has 5 nitrogen and oxygen atoms in total. The van der Waals surface area contributed by atoms with Gasteiger partial charge < -0.3 is 15.0 Å². The van der Waals surface area contributed by atoms with Crippen LogP contribution in [0, 0.1) is 0 Å². The van der Waals surface area contributed by atoms with Crippen LogP contribution in [-0.4, -0.2) is 33.2 Å². The number of aliphatic hydroxyl groups is 1. The molecule has 3 aromatic carbocycles. The summed E-state index contributed by atoms with van der Waals surface area (Å²) < 4.78 is 0. The summed E-state index contributed by atoms with van der Waals surface area (Å²) in [6.45, 7) is 2.44. The van der Waals surface area contributed by atoms with Crippen LogP contribution in [0.3, 0.4) is 0 Å². The van der Waals surface area contributed by atoms with Gasteiger partial charge in [-0.05, 0) is 35.6 Å². The Labute approximate surface area is 198 Å². The largest absolute Gasteiger partial charge is 0.507 e. The first-order valence-corrected chi connectivity index (χ1v) is 11.6. The molecular weight excluding hydrogens is 424 g/mol. The molecule has 1 aliphatic rings. The summed E-state index contributed by atoms with van der Waals surface area (Å²) in [5.74, 6) is -1.37. The molecule has 0 saturated carbocycles. The van der Waals surface area contributed by atoms with Gasteiger partial charge in [0.15, 0.2) is 0 Å². The highest BCUT2D eigenvalue weighted by molar-refractivity contribution is 6.46. The van der Waals surface area contributed by atoms with Crippen LogP contribution in [0.15, 0.2) is 90.6 Å². The number of aliphatic hydroxyl groups excluding tert-OH is 1. The molecule has 5 rings (SSSR count). The predicted octanol–water partition coefficient (Wildman–Crippen LogP) is 5.39. The van der Waals surface area contributed by atoms with Crippen molar-refractivity contribution in [2.45, 2.75) is 25.8 Å². The molecule has 5 heteroatoms. The summed E-state index contributed by atoms with van der Waals surface area (Å²) in [7, 11) is 0. The molecule has 0 spiro atoms. The number of hydrogen-bond acceptors (Lipinski definition) is 3. The van der Waals surface area contributed by atoms with Gasteiger partial charge >= 0.3 is 0 Å². The predicted molar refractivity (Wildman–Crippen MR) is 133 cm³/mol. The number of hydrogen-bond donors (Lipinski definition) is 2. The fourth-order valence-corrected chi connectivity index (χ4v) is 4.72. The number of aryl methyl sites for hydroxylation is 1. The van der Waals surface area contributed by atoms with Crippen molar-refractivity contribution in [1.82, 2.24) is 9.88 Å². The maximum atomic E-state index is 13.2. The van der Waals surface area contributed by atoms with Crippen LogP contribution in [0.2, 0.25) is 0 Å². The molecule has 1 atom stereocenters. The second-order valence-electron chi connectivity index (χ2n) is 8.56. The molecule has 0 aliphatic carbocycles. The van der Waals surface area contributed by atoms with E-state index >= 15 is 0 Å². The lowest BCUT2D eigenvalue weighted by Crippen LogP contribution is -2.31. The average molecular weight is 451 g/mol. The first-order valence-electron chi connectivity index (χ1n) is 11.6. The van der Waals surface area contributed by atoms with E-state index in [4.69, 9.17) is 0 Å². The van der Waals surface area contributed by atoms with E-state index in [9.17, 15) is 14.7 Å². The number of carbonyl (C=O) groups is 2. The van der Waals surface area contributed by atoms with Crippen LogP contribution in [-0.2, 0) is 22.4 Å². The van der Waals surface area contributed by atoms with Gasteiger partial charge in [-0.1, -0.05) is 79.7 Å². The number of fused-ring (bicyclic) bond motifs is 1. The number of benzene rings is 3. The Morgan fingerprint density at radius 1 is 0.941 bits per heavy atom. The molecule has 2 N–H and O–H groups in total. The number of rotatable bonds is 6. The minimum atomic E-state index is -0.648. The zero-order valence-corrected chi connectivity index (χ0v) is 19.0. The fraction of sp³-hybridized carbons (Fsp3) is 0.172. The van der Waals surface area contributed by atoms with E-state index in [1.807, 2.05) is 60.8 Å². The second kappa shape index (κ2) is 9.02. The minimum Gasteiger partial charge on any atom is -0.507 e. The topological polar surface area (TPSA) is 73.4 Å². The Kier molecular flexibility index (Phi) is 5.76. The number of aromatic nitrogens is 1. The third-order valence-corrected chi connectivity index (χ3v) is 6.59. The molecule has 34 heavy (non-hydrogen) atoms. The lowest BCUT2D eigenvalue weighted by molar-refractivity contribution is -0.139. The number of likely N-dealkylation sites (tertiary alicyclic amines) is 1. The molecule has 2 heterocycles. The molecule has 4 aromatic rings. The number of aromatic amines is 1. The lowest BCUT2D eigenvalue weighted by Gasteiger charge is -2.25. The molecular formula is C29H26N2O3. The monoisotopic (exact) mass is 450 g/mol. The number of nitrogens with zero attached hydrogens (tertiary/aromatic N) is 1. The highest BCUT2D eigenvalue weighted by Crippen LogP contribution is 2.39. The van der Waals surface area contributed by atoms with E-state index in [2.05, 4.69) is 11.9 Å². The highest BCUT2D eigenvalue weighted by Gasteiger charge is 2.45. The number of para-hydroxylation sites is 1. The summed E-state index contributed by atoms with van der Waals surface area (Å²) in [6.07, 6.45) is 3.44. The zero-order valence-electron chi connectivity index (χ0n) is 19.0. The Hall–Kier alpha value is -4.12. The molecule has 170 valence electrons. The Morgan fingerprint density at radius 3 is 2.38 bits per heavy atom. The van der Waals surface area contributed by atoms with Gasteiger partial charge in [0.1, 0.15) is 5.76 Å². The normalized spacial score (nSPS) is 17.6. The van der Waals surface area contributed by atoms with Gasteiger partial charge in [-0.3, -0.25) is 9.59 Å². The number of ketones is 1. The lowest BCUT2D eigenvalue weighted by atomic mass is 9.94. The third-order valence-electron chi connectivity index (χ3n) is 6.59. The van der Waals surface area contributed by atoms with Gasteiger partial charge in [-0.15, -0.1) is 0 Å². The Balaban J connectivity index is 1.56. The third kappa shape index (κ3) is 3.79. The van der Waals surface area contributed by atoms with E-state index < -0.39 is 17.7 Å². The smallest absolute Gasteiger partial charge is 0.295 e. The summed E-state index contributed by atoms with van der Waals surface area (Å²) in [5, 5.41) is 12.2. The van der Waals surface area contributed by atoms with Crippen LogP contribution < -0.4 is 0 Å². The average Bonchev–Trinajstić information content (AvgIpc) is 3.41. The SMILES string of the molecule is CCc1ccc([C@@H]2C(=C(O)c3ccccc3)C(=O)C(=O)N2CCc2c[nH]c3ccccc23)cc1. The van der Waals surface area contributed by atoms with E-state index in [0.717, 1.165) is 28.5 Å². The second-order valence-corrected chi connectivity index (χ2v) is 8.56. The summed E-state index contributed by atoms with van der Waals surface area (Å²) in [5.41, 5.74) is 4.76. The maximum Gasteiger partial charge on any atom is 0.295 e. The molecule has 1 aromatic heterocycles. The van der Waals surface area contributed by atoms with Crippen molar-refractivity contribution in [2.24, 2.45) is 0 Å². The summed E-state index contributed by atoms with van der Waals surface area (Å²) >= 11 is 0. The van der Waals surface area contributed by atoms with Crippen LogP contribution in [0.1, 0.15) is 35.2 Å². The van der Waals surface area contributed by atoms with Crippen molar-refractivity contribution in [3.63, 3.8) is 0 Å². The summed E-state index contributed by atoms with van der Waals surface area (Å²) in [6, 6.07) is 24.2. The molecule has 1 saturated heterocycles. The van der Waals surface area contributed by atoms with E-state index in [1.165, 1.54) is 5.56 Å². The standard InChI is InChI=1S/C29H26N2O3/c1-2-19-12-14-20(15-13-19)26-25(27(32)21-8-4-3-5-9-21)28(33)29(34)31(26)17-16-22-18-30-24-11-7-6-10-23(22)24/h3-15,18,26,30,32H,2,16-17H2,1H3/t26-/m1/s1. The first kappa shape index (κ1) is 21.7. The van der Waals surface area contributed by atoms with Crippen LogP contribution in [0.5, 0.6) is 0 Å². The number of H-pyrrole nitrogens is 1. The minimum absolute atomic E-state index is 0.138. The Morgan fingerprint density at radius 2 is 1.65 bits per heavy atom. The number of carbonyl (C=O) groups excluding carboxylic acids is 2. The molecule has 1 fully saturated rings. The van der Waals surface area contributed by atoms with Gasteiger partial charge in [-0.2, -0.15) is 0 Å². The zero-order chi connectivity index (χ0) is 23.7. The first-order chi connectivity index (χ1) is 16.6. The number of amides is 1. The van der Waals surface area contributed by atoms with Crippen molar-refractivity contribution in [3.05, 3.63) is 113 Å². The Bertz CT molecular complexity index is 1380. The van der Waals surface area contributed by atoms with Crippen molar-refractivity contribution < 1.29 is 14.7 Å². The number of Topliss-reactive ketones (excluding diaryl/α,β-unsaturated/α-hetero) is 1. The van der Waals surface area contributed by atoms with Crippen molar-refractivity contribution in [3.8, 4) is 0 Å². The fourth-order valence-electron chi connectivity index (χ4n) is 4.72. The van der Waals surface area contributed by atoms with Crippen molar-refractivity contribution in [2.75, 3.05) is 6.54 Å². The van der Waals surface area contributed by atoms with Gasteiger partial charge in [-0.25, -0.2) is 0 Å². The van der Waals surface area contributed by atoms with Crippen LogP contribution in [0.4, 0.5) is 0 Å². The van der Waals surface area contributed by atoms with Gasteiger partial charge in [0, 0.05) is 29.2 Å². The molecule has 0 bridgehead atoms. The van der Waals surface area contributed by atoms with Crippen LogP contribution >= 0.6 is 0 Å². The van der Waals surface area contributed by atoms with E-state index in [-0.39, 0.29) is 11.3 Å². The van der Waals surface area contributed by atoms with E-state index in [1.54, 1.807) is 29.2 Å². The molecule has 1 amide bonds. The molecule has 1 aliphatic heterocycles. The van der Waals surface area contributed by atoms with Crippen molar-refractivity contribution in [1.29, 1.82) is 0 Å². The van der Waals surface area contributed by atoms with E-state index in [0.29, 0.717) is 18.5 Å². The maximum absolute atomic E-state index is 13.2. The van der Waals surface area contributed by atoms with Gasteiger partial charge in [0.25, 0.3) is 11.7 Å². The highest BCUT2D eigenvalue weighted by atomic mass is 16.3. The van der Waals surface area contributed by atoms with Gasteiger partial charge in [0.05, 0.1) is 11.6 Å². The van der Waals surface area contributed by atoms with Crippen LogP contribution in [0.25, 0.3) is 16.7 Å². The molecule has 0 radical (unpaired) electrons. The number of nitrogens with one attached hydrogen (secondary N) is 1. The molecule has 0 unspecified atom stereocenters. The van der Waals surface area contributed by atoms with Crippen molar-refractivity contribution >= 4 is 28.4 Å².